The molecule has 0 bridgehead atoms. The van der Waals surface area contributed by atoms with Crippen LogP contribution in [0.2, 0.25) is 0 Å². The van der Waals surface area contributed by atoms with Gasteiger partial charge in [0.1, 0.15) is 0 Å². The Bertz CT molecular complexity index is 281. The molecule has 2 fully saturated rings. The van der Waals surface area contributed by atoms with Crippen LogP contribution in [0.5, 0.6) is 0 Å². The molecule has 0 amide bonds. The van der Waals surface area contributed by atoms with E-state index in [2.05, 4.69) is 33.0 Å². The third-order valence-electron chi connectivity index (χ3n) is 5.87. The molecule has 1 unspecified atom stereocenters. The van der Waals surface area contributed by atoms with Gasteiger partial charge in [0.05, 0.1) is 18.8 Å². The molecule has 0 saturated heterocycles. The fourth-order valence-corrected chi connectivity index (χ4v) is 3.60. The van der Waals surface area contributed by atoms with E-state index in [4.69, 9.17) is 4.74 Å². The van der Waals surface area contributed by atoms with E-state index in [0.29, 0.717) is 36.0 Å². The zero-order valence-electron chi connectivity index (χ0n) is 13.0. The molecular formula is C16H31NO2. The molecule has 2 rings (SSSR count). The molecule has 2 aliphatic rings. The number of ether oxygens (including phenoxy) is 1. The summed E-state index contributed by atoms with van der Waals surface area (Å²) in [6.45, 7) is 11.5. The van der Waals surface area contributed by atoms with Gasteiger partial charge >= 0.3 is 0 Å². The van der Waals surface area contributed by atoms with Crippen LogP contribution in [0.4, 0.5) is 0 Å². The maximum absolute atomic E-state index is 9.92. The maximum Gasteiger partial charge on any atom is 0.0897 e. The van der Waals surface area contributed by atoms with Crippen LogP contribution in [0.3, 0.4) is 0 Å². The Balaban J connectivity index is 1.56. The van der Waals surface area contributed by atoms with Crippen molar-refractivity contribution in [3.8, 4) is 0 Å². The van der Waals surface area contributed by atoms with Gasteiger partial charge in [0.2, 0.25) is 0 Å². The minimum absolute atomic E-state index is 0.370. The molecule has 0 heterocycles. The molecule has 3 nitrogen and oxygen atoms in total. The third-order valence-corrected chi connectivity index (χ3v) is 5.87. The molecule has 19 heavy (non-hydrogen) atoms. The Kier molecular flexibility index (Phi) is 4.59. The van der Waals surface area contributed by atoms with Crippen LogP contribution in [0.1, 0.15) is 53.4 Å². The number of aliphatic hydroxyl groups is 1. The lowest BCUT2D eigenvalue weighted by Gasteiger charge is -2.16. The number of nitrogens with one attached hydrogen (secondary N) is 1. The van der Waals surface area contributed by atoms with Gasteiger partial charge in [-0.2, -0.15) is 0 Å². The molecule has 0 spiro atoms. The summed E-state index contributed by atoms with van der Waals surface area (Å²) in [5.74, 6) is 0.711. The third kappa shape index (κ3) is 3.32. The Morgan fingerprint density at radius 2 is 1.74 bits per heavy atom. The van der Waals surface area contributed by atoms with Crippen LogP contribution in [0, 0.1) is 16.7 Å². The van der Waals surface area contributed by atoms with E-state index in [0.717, 1.165) is 6.54 Å². The number of hydrogen-bond donors (Lipinski definition) is 2. The van der Waals surface area contributed by atoms with Crippen molar-refractivity contribution in [1.29, 1.82) is 0 Å². The van der Waals surface area contributed by atoms with Crippen molar-refractivity contribution in [3.63, 3.8) is 0 Å². The zero-order valence-corrected chi connectivity index (χ0v) is 13.0. The van der Waals surface area contributed by atoms with Crippen LogP contribution in [-0.2, 0) is 4.74 Å². The Morgan fingerprint density at radius 3 is 2.26 bits per heavy atom. The molecule has 2 N–H and O–H groups in total. The molecule has 112 valence electrons. The van der Waals surface area contributed by atoms with E-state index in [-0.39, 0.29) is 6.10 Å². The van der Waals surface area contributed by atoms with Gasteiger partial charge in [-0.15, -0.1) is 0 Å². The molecule has 0 aliphatic heterocycles. The maximum atomic E-state index is 9.92. The van der Waals surface area contributed by atoms with Crippen molar-refractivity contribution in [1.82, 2.24) is 5.32 Å². The first-order valence-electron chi connectivity index (χ1n) is 7.86. The Hall–Kier alpha value is -0.120. The lowest BCUT2D eigenvalue weighted by Crippen LogP contribution is -2.33. The van der Waals surface area contributed by atoms with E-state index in [9.17, 15) is 5.11 Å². The number of rotatable bonds is 7. The summed E-state index contributed by atoms with van der Waals surface area (Å²) in [5.41, 5.74) is 0.844. The van der Waals surface area contributed by atoms with Crippen LogP contribution < -0.4 is 5.32 Å². The average molecular weight is 269 g/mol. The van der Waals surface area contributed by atoms with Gasteiger partial charge in [0, 0.05) is 6.54 Å². The van der Waals surface area contributed by atoms with Gasteiger partial charge in [-0.1, -0.05) is 40.5 Å². The first-order chi connectivity index (χ1) is 8.85. The summed E-state index contributed by atoms with van der Waals surface area (Å²) in [7, 11) is 0. The molecule has 2 saturated carbocycles. The normalized spacial score (nSPS) is 27.6. The van der Waals surface area contributed by atoms with Gasteiger partial charge in [-0.3, -0.25) is 0 Å². The standard InChI is InChI=1S/C16H31NO2/c1-15(2)14(16(15,3)4)10-17-9-12(18)11-19-13-7-5-6-8-13/h12-14,17-18H,5-11H2,1-4H3. The Morgan fingerprint density at radius 1 is 1.16 bits per heavy atom. The smallest absolute Gasteiger partial charge is 0.0897 e. The highest BCUT2D eigenvalue weighted by Gasteiger charge is 2.63. The zero-order chi connectivity index (χ0) is 14.1. The van der Waals surface area contributed by atoms with Crippen LogP contribution >= 0.6 is 0 Å². The highest BCUT2D eigenvalue weighted by molar-refractivity contribution is 5.12. The molecule has 2 aliphatic carbocycles. The van der Waals surface area contributed by atoms with Crippen molar-refractivity contribution in [2.45, 2.75) is 65.6 Å². The van der Waals surface area contributed by atoms with E-state index < -0.39 is 0 Å². The lowest BCUT2D eigenvalue weighted by atomic mass is 10.0. The van der Waals surface area contributed by atoms with Crippen molar-refractivity contribution >= 4 is 0 Å². The SMILES string of the molecule is CC1(C)C(CNCC(O)COC2CCCC2)C1(C)C. The first-order valence-corrected chi connectivity index (χ1v) is 7.86. The summed E-state index contributed by atoms with van der Waals surface area (Å²) in [6, 6.07) is 0. The van der Waals surface area contributed by atoms with Crippen molar-refractivity contribution < 1.29 is 9.84 Å². The molecule has 0 radical (unpaired) electrons. The van der Waals surface area contributed by atoms with E-state index >= 15 is 0 Å². The van der Waals surface area contributed by atoms with Crippen LogP contribution in [-0.4, -0.2) is 37.0 Å². The van der Waals surface area contributed by atoms with Crippen molar-refractivity contribution in [2.24, 2.45) is 16.7 Å². The fourth-order valence-electron chi connectivity index (χ4n) is 3.60. The van der Waals surface area contributed by atoms with E-state index in [1.807, 2.05) is 0 Å². The predicted octanol–water partition coefficient (Wildman–Crippen LogP) is 2.58. The van der Waals surface area contributed by atoms with Crippen molar-refractivity contribution in [3.05, 3.63) is 0 Å². The monoisotopic (exact) mass is 269 g/mol. The quantitative estimate of drug-likeness (QED) is 0.746. The van der Waals surface area contributed by atoms with Crippen molar-refractivity contribution in [2.75, 3.05) is 19.7 Å². The second-order valence-corrected chi connectivity index (χ2v) is 7.55. The van der Waals surface area contributed by atoms with Crippen LogP contribution in [0.15, 0.2) is 0 Å². The Labute approximate surface area is 118 Å². The summed E-state index contributed by atoms with van der Waals surface area (Å²) in [5, 5.41) is 13.3. The molecule has 0 aromatic heterocycles. The first kappa shape index (κ1) is 15.3. The van der Waals surface area contributed by atoms with Gasteiger partial charge in [-0.05, 0) is 36.1 Å². The van der Waals surface area contributed by atoms with Gasteiger partial charge in [-0.25, -0.2) is 0 Å². The largest absolute Gasteiger partial charge is 0.389 e. The molecule has 0 aromatic carbocycles. The highest BCUT2D eigenvalue weighted by atomic mass is 16.5. The summed E-state index contributed by atoms with van der Waals surface area (Å²) in [4.78, 5) is 0. The van der Waals surface area contributed by atoms with Gasteiger partial charge < -0.3 is 15.2 Å². The second-order valence-electron chi connectivity index (χ2n) is 7.55. The van der Waals surface area contributed by atoms with Crippen LogP contribution in [0.25, 0.3) is 0 Å². The second kappa shape index (κ2) is 5.71. The minimum Gasteiger partial charge on any atom is -0.389 e. The van der Waals surface area contributed by atoms with Gasteiger partial charge in [0.15, 0.2) is 0 Å². The van der Waals surface area contributed by atoms with Gasteiger partial charge in [0.25, 0.3) is 0 Å². The molecule has 0 aromatic rings. The average Bonchev–Trinajstić information content (AvgIpc) is 2.78. The summed E-state index contributed by atoms with van der Waals surface area (Å²) in [6.07, 6.45) is 4.94. The molecular weight excluding hydrogens is 238 g/mol. The molecule has 1 atom stereocenters. The molecule has 3 heteroatoms. The summed E-state index contributed by atoms with van der Waals surface area (Å²) < 4.78 is 5.73. The minimum atomic E-state index is -0.370. The number of aliphatic hydroxyl groups excluding tert-OH is 1. The van der Waals surface area contributed by atoms with E-state index in [1.165, 1.54) is 25.7 Å². The summed E-state index contributed by atoms with van der Waals surface area (Å²) >= 11 is 0. The highest BCUT2D eigenvalue weighted by Crippen LogP contribution is 2.67. The van der Waals surface area contributed by atoms with E-state index in [1.54, 1.807) is 0 Å². The number of hydrogen-bond acceptors (Lipinski definition) is 3. The topological polar surface area (TPSA) is 41.5 Å². The fraction of sp³-hybridized carbons (Fsp3) is 1.00. The lowest BCUT2D eigenvalue weighted by molar-refractivity contribution is -0.00550. The predicted molar refractivity (Wildman–Crippen MR) is 78.1 cm³/mol.